The zero-order valence-corrected chi connectivity index (χ0v) is 12.6. The van der Waals surface area contributed by atoms with E-state index in [4.69, 9.17) is 15.5 Å². The van der Waals surface area contributed by atoms with E-state index in [2.05, 4.69) is 4.98 Å². The number of benzene rings is 1. The summed E-state index contributed by atoms with van der Waals surface area (Å²) < 4.78 is 5.46. The number of rotatable bonds is 3. The van der Waals surface area contributed by atoms with E-state index < -0.39 is 0 Å². The van der Waals surface area contributed by atoms with Crippen molar-refractivity contribution in [3.8, 4) is 17.1 Å². The van der Waals surface area contributed by atoms with E-state index >= 15 is 0 Å². The van der Waals surface area contributed by atoms with Crippen molar-refractivity contribution in [1.82, 2.24) is 9.97 Å². The number of nitrogen functional groups attached to an aromatic ring is 1. The topological polar surface area (TPSA) is 61.0 Å². The van der Waals surface area contributed by atoms with Crippen molar-refractivity contribution < 1.29 is 4.74 Å². The van der Waals surface area contributed by atoms with Crippen LogP contribution in [0.2, 0.25) is 0 Å². The minimum Gasteiger partial charge on any atom is -0.496 e. The first kappa shape index (κ1) is 13.9. The van der Waals surface area contributed by atoms with E-state index in [1.165, 1.54) is 25.7 Å². The van der Waals surface area contributed by atoms with Gasteiger partial charge in [-0.1, -0.05) is 18.9 Å². The van der Waals surface area contributed by atoms with E-state index in [0.29, 0.717) is 17.6 Å². The van der Waals surface area contributed by atoms with Crippen LogP contribution in [0.15, 0.2) is 24.3 Å². The molecule has 4 nitrogen and oxygen atoms in total. The quantitative estimate of drug-likeness (QED) is 0.933. The third-order valence-corrected chi connectivity index (χ3v) is 4.14. The molecule has 110 valence electrons. The third-order valence-electron chi connectivity index (χ3n) is 4.14. The first-order valence-electron chi connectivity index (χ1n) is 7.47. The molecule has 0 spiro atoms. The molecule has 3 rings (SSSR count). The average Bonchev–Trinajstić information content (AvgIpc) is 3.00. The van der Waals surface area contributed by atoms with Crippen molar-refractivity contribution in [2.24, 2.45) is 0 Å². The zero-order valence-electron chi connectivity index (χ0n) is 12.6. The van der Waals surface area contributed by atoms with Crippen LogP contribution in [-0.2, 0) is 0 Å². The van der Waals surface area contributed by atoms with Gasteiger partial charge >= 0.3 is 0 Å². The molecule has 0 saturated heterocycles. The molecule has 1 aliphatic rings. The minimum atomic E-state index is 0.519. The van der Waals surface area contributed by atoms with Crippen LogP contribution in [0.25, 0.3) is 11.4 Å². The van der Waals surface area contributed by atoms with Crippen molar-refractivity contribution in [3.05, 3.63) is 35.5 Å². The SMILES string of the molecule is COc1cc(C)ccc1-c1nc(N)cc(C2CCCC2)n1. The number of hydrogen-bond donors (Lipinski definition) is 1. The predicted molar refractivity (Wildman–Crippen MR) is 84.4 cm³/mol. The number of aromatic nitrogens is 2. The molecule has 2 aromatic rings. The lowest BCUT2D eigenvalue weighted by Gasteiger charge is -2.13. The number of nitrogens with two attached hydrogens (primary N) is 1. The van der Waals surface area contributed by atoms with E-state index in [1.54, 1.807) is 7.11 Å². The number of anilines is 1. The van der Waals surface area contributed by atoms with Crippen LogP contribution in [0.4, 0.5) is 5.82 Å². The van der Waals surface area contributed by atoms with Gasteiger partial charge in [0, 0.05) is 17.7 Å². The van der Waals surface area contributed by atoms with Crippen LogP contribution in [0, 0.1) is 6.92 Å². The lowest BCUT2D eigenvalue weighted by molar-refractivity contribution is 0.416. The summed E-state index contributed by atoms with van der Waals surface area (Å²) in [5.41, 5.74) is 9.11. The molecule has 0 bridgehead atoms. The monoisotopic (exact) mass is 283 g/mol. The highest BCUT2D eigenvalue weighted by Gasteiger charge is 2.20. The Morgan fingerprint density at radius 1 is 1.14 bits per heavy atom. The lowest BCUT2D eigenvalue weighted by atomic mass is 10.0. The van der Waals surface area contributed by atoms with Gasteiger partial charge in [-0.2, -0.15) is 0 Å². The number of ether oxygens (including phenoxy) is 1. The fourth-order valence-corrected chi connectivity index (χ4v) is 3.02. The number of methoxy groups -OCH3 is 1. The van der Waals surface area contributed by atoms with E-state index in [1.807, 2.05) is 31.2 Å². The Morgan fingerprint density at radius 2 is 1.90 bits per heavy atom. The van der Waals surface area contributed by atoms with E-state index in [0.717, 1.165) is 22.6 Å². The molecular formula is C17H21N3O. The van der Waals surface area contributed by atoms with Crippen molar-refractivity contribution in [1.29, 1.82) is 0 Å². The summed E-state index contributed by atoms with van der Waals surface area (Å²) in [4.78, 5) is 9.15. The molecule has 0 atom stereocenters. The average molecular weight is 283 g/mol. The summed E-state index contributed by atoms with van der Waals surface area (Å²) in [6, 6.07) is 7.96. The molecule has 1 fully saturated rings. The van der Waals surface area contributed by atoms with Crippen LogP contribution in [0.3, 0.4) is 0 Å². The maximum Gasteiger partial charge on any atom is 0.165 e. The van der Waals surface area contributed by atoms with Crippen LogP contribution < -0.4 is 10.5 Å². The molecule has 0 unspecified atom stereocenters. The highest BCUT2D eigenvalue weighted by Crippen LogP contribution is 2.35. The molecule has 1 heterocycles. The maximum atomic E-state index is 5.99. The second-order valence-electron chi connectivity index (χ2n) is 5.73. The summed E-state index contributed by atoms with van der Waals surface area (Å²) in [6.07, 6.45) is 4.94. The summed E-state index contributed by atoms with van der Waals surface area (Å²) in [5.74, 6) is 2.50. The second kappa shape index (κ2) is 5.72. The number of hydrogen-bond acceptors (Lipinski definition) is 4. The first-order valence-corrected chi connectivity index (χ1v) is 7.47. The second-order valence-corrected chi connectivity index (χ2v) is 5.73. The van der Waals surface area contributed by atoms with Crippen LogP contribution in [-0.4, -0.2) is 17.1 Å². The standard InChI is InChI=1S/C17H21N3O/c1-11-7-8-13(15(9-11)21-2)17-19-14(10-16(18)20-17)12-5-3-4-6-12/h7-10,12H,3-6H2,1-2H3,(H2,18,19,20). The molecule has 0 aliphatic heterocycles. The Hall–Kier alpha value is -2.10. The smallest absolute Gasteiger partial charge is 0.165 e. The Labute approximate surface area is 125 Å². The van der Waals surface area contributed by atoms with E-state index in [9.17, 15) is 0 Å². The van der Waals surface area contributed by atoms with Gasteiger partial charge in [-0.05, 0) is 37.5 Å². The zero-order chi connectivity index (χ0) is 14.8. The maximum absolute atomic E-state index is 5.99. The molecule has 2 N–H and O–H groups in total. The third kappa shape index (κ3) is 2.84. The van der Waals surface area contributed by atoms with Crippen LogP contribution >= 0.6 is 0 Å². The normalized spacial score (nSPS) is 15.3. The largest absolute Gasteiger partial charge is 0.496 e. The summed E-state index contributed by atoms with van der Waals surface area (Å²) in [6.45, 7) is 2.04. The summed E-state index contributed by atoms with van der Waals surface area (Å²) in [7, 11) is 1.67. The van der Waals surface area contributed by atoms with Crippen molar-refractivity contribution in [2.75, 3.05) is 12.8 Å². The van der Waals surface area contributed by atoms with Crippen molar-refractivity contribution in [3.63, 3.8) is 0 Å². The van der Waals surface area contributed by atoms with Gasteiger partial charge in [0.05, 0.1) is 12.7 Å². The molecule has 0 amide bonds. The molecule has 4 heteroatoms. The molecule has 0 radical (unpaired) electrons. The number of nitrogens with zero attached hydrogens (tertiary/aromatic N) is 2. The minimum absolute atomic E-state index is 0.519. The lowest BCUT2D eigenvalue weighted by Crippen LogP contribution is -2.04. The molecule has 1 aromatic carbocycles. The van der Waals surface area contributed by atoms with Gasteiger partial charge in [0.15, 0.2) is 5.82 Å². The van der Waals surface area contributed by atoms with Gasteiger partial charge in [0.25, 0.3) is 0 Å². The molecule has 1 aliphatic carbocycles. The van der Waals surface area contributed by atoms with Gasteiger partial charge in [0.1, 0.15) is 11.6 Å². The highest BCUT2D eigenvalue weighted by molar-refractivity contribution is 5.66. The molecular weight excluding hydrogens is 262 g/mol. The number of aryl methyl sites for hydroxylation is 1. The van der Waals surface area contributed by atoms with Gasteiger partial charge in [0.2, 0.25) is 0 Å². The fourth-order valence-electron chi connectivity index (χ4n) is 3.02. The fraction of sp³-hybridized carbons (Fsp3) is 0.412. The van der Waals surface area contributed by atoms with Gasteiger partial charge < -0.3 is 10.5 Å². The van der Waals surface area contributed by atoms with Crippen LogP contribution in [0.1, 0.15) is 42.9 Å². The highest BCUT2D eigenvalue weighted by atomic mass is 16.5. The van der Waals surface area contributed by atoms with Gasteiger partial charge in [-0.15, -0.1) is 0 Å². The molecule has 1 aromatic heterocycles. The van der Waals surface area contributed by atoms with Crippen molar-refractivity contribution >= 4 is 5.82 Å². The Kier molecular flexibility index (Phi) is 3.78. The van der Waals surface area contributed by atoms with E-state index in [-0.39, 0.29) is 0 Å². The Balaban J connectivity index is 2.05. The Bertz CT molecular complexity index is 648. The first-order chi connectivity index (χ1) is 10.2. The van der Waals surface area contributed by atoms with Crippen LogP contribution in [0.5, 0.6) is 5.75 Å². The molecule has 1 saturated carbocycles. The Morgan fingerprint density at radius 3 is 2.62 bits per heavy atom. The predicted octanol–water partition coefficient (Wildman–Crippen LogP) is 3.70. The van der Waals surface area contributed by atoms with Crippen molar-refractivity contribution in [2.45, 2.75) is 38.5 Å². The van der Waals surface area contributed by atoms with Gasteiger partial charge in [-0.25, -0.2) is 9.97 Å². The summed E-state index contributed by atoms with van der Waals surface area (Å²) >= 11 is 0. The summed E-state index contributed by atoms with van der Waals surface area (Å²) in [5, 5.41) is 0. The van der Waals surface area contributed by atoms with Gasteiger partial charge in [-0.3, -0.25) is 0 Å². The molecule has 21 heavy (non-hydrogen) atoms.